The fourth-order valence-electron chi connectivity index (χ4n) is 4.08. The van der Waals surface area contributed by atoms with Crippen LogP contribution in [0.4, 0.5) is 4.39 Å². The largest absolute Gasteiger partial charge is 0.375 e. The molecule has 1 aromatic carbocycles. The standard InChI is InChI=1S/C18H26FNO/c19-16-6-4-5-14(11-16)12-17(20)15-7-10-21-18(13-15)8-2-1-3-9-18/h4-6,11,15,17H,1-3,7-10,12-13,20H2. The van der Waals surface area contributed by atoms with Gasteiger partial charge in [-0.3, -0.25) is 0 Å². The maximum Gasteiger partial charge on any atom is 0.123 e. The van der Waals surface area contributed by atoms with Crippen molar-refractivity contribution in [1.82, 2.24) is 0 Å². The molecule has 2 nitrogen and oxygen atoms in total. The van der Waals surface area contributed by atoms with E-state index in [4.69, 9.17) is 10.5 Å². The maximum absolute atomic E-state index is 13.3. The molecule has 21 heavy (non-hydrogen) atoms. The van der Waals surface area contributed by atoms with Crippen LogP contribution in [0.2, 0.25) is 0 Å². The van der Waals surface area contributed by atoms with Gasteiger partial charge in [0.1, 0.15) is 5.82 Å². The first-order chi connectivity index (χ1) is 10.2. The van der Waals surface area contributed by atoms with Gasteiger partial charge < -0.3 is 10.5 Å². The molecule has 0 bridgehead atoms. The van der Waals surface area contributed by atoms with Crippen molar-refractivity contribution in [1.29, 1.82) is 0 Å². The molecule has 2 N–H and O–H groups in total. The highest BCUT2D eigenvalue weighted by Gasteiger charge is 2.39. The molecule has 2 fully saturated rings. The molecule has 0 radical (unpaired) electrons. The van der Waals surface area contributed by atoms with Gasteiger partial charge in [0.25, 0.3) is 0 Å². The summed E-state index contributed by atoms with van der Waals surface area (Å²) in [5.74, 6) is 0.329. The van der Waals surface area contributed by atoms with Gasteiger partial charge in [0, 0.05) is 12.6 Å². The summed E-state index contributed by atoms with van der Waals surface area (Å²) in [6.45, 7) is 0.835. The van der Waals surface area contributed by atoms with Gasteiger partial charge in [-0.25, -0.2) is 4.39 Å². The SMILES string of the molecule is NC(Cc1cccc(F)c1)C1CCOC2(CCCCC2)C1. The van der Waals surface area contributed by atoms with Crippen molar-refractivity contribution in [2.45, 2.75) is 63.0 Å². The first-order valence-corrected chi connectivity index (χ1v) is 8.31. The van der Waals surface area contributed by atoms with Gasteiger partial charge in [-0.15, -0.1) is 0 Å². The van der Waals surface area contributed by atoms with E-state index in [2.05, 4.69) is 0 Å². The Morgan fingerprint density at radius 3 is 2.86 bits per heavy atom. The Labute approximate surface area is 126 Å². The van der Waals surface area contributed by atoms with Gasteiger partial charge in [0.2, 0.25) is 0 Å². The first kappa shape index (κ1) is 15.0. The summed E-state index contributed by atoms with van der Waals surface area (Å²) in [5, 5.41) is 0. The summed E-state index contributed by atoms with van der Waals surface area (Å²) in [4.78, 5) is 0. The topological polar surface area (TPSA) is 35.2 Å². The number of ether oxygens (including phenoxy) is 1. The quantitative estimate of drug-likeness (QED) is 0.918. The van der Waals surface area contributed by atoms with E-state index in [-0.39, 0.29) is 17.5 Å². The second-order valence-electron chi connectivity index (χ2n) is 6.84. The number of hydrogen-bond acceptors (Lipinski definition) is 2. The van der Waals surface area contributed by atoms with Crippen LogP contribution in [-0.2, 0) is 11.2 Å². The van der Waals surface area contributed by atoms with E-state index in [1.54, 1.807) is 12.1 Å². The zero-order chi connectivity index (χ0) is 14.7. The van der Waals surface area contributed by atoms with E-state index < -0.39 is 0 Å². The van der Waals surface area contributed by atoms with E-state index in [9.17, 15) is 4.39 Å². The average molecular weight is 291 g/mol. The highest BCUT2D eigenvalue weighted by Crippen LogP contribution is 2.41. The van der Waals surface area contributed by atoms with Crippen LogP contribution in [0.1, 0.15) is 50.5 Å². The zero-order valence-corrected chi connectivity index (χ0v) is 12.7. The van der Waals surface area contributed by atoms with Gasteiger partial charge >= 0.3 is 0 Å². The molecule has 2 aliphatic rings. The minimum Gasteiger partial charge on any atom is -0.375 e. The summed E-state index contributed by atoms with van der Waals surface area (Å²) < 4.78 is 19.4. The predicted molar refractivity (Wildman–Crippen MR) is 82.6 cm³/mol. The minimum atomic E-state index is -0.171. The minimum absolute atomic E-state index is 0.0979. The molecule has 1 spiro atoms. The lowest BCUT2D eigenvalue weighted by atomic mass is 9.73. The van der Waals surface area contributed by atoms with Crippen molar-refractivity contribution in [3.8, 4) is 0 Å². The van der Waals surface area contributed by atoms with E-state index in [1.165, 1.54) is 38.2 Å². The van der Waals surface area contributed by atoms with Crippen LogP contribution in [0.3, 0.4) is 0 Å². The Hall–Kier alpha value is -0.930. The van der Waals surface area contributed by atoms with Gasteiger partial charge in [0.05, 0.1) is 5.60 Å². The van der Waals surface area contributed by atoms with Crippen LogP contribution in [-0.4, -0.2) is 18.2 Å². The Balaban J connectivity index is 1.62. The van der Waals surface area contributed by atoms with Gasteiger partial charge in [-0.1, -0.05) is 31.4 Å². The molecule has 3 heteroatoms. The van der Waals surface area contributed by atoms with Gasteiger partial charge in [-0.2, -0.15) is 0 Å². The third-order valence-electron chi connectivity index (χ3n) is 5.26. The van der Waals surface area contributed by atoms with Crippen LogP contribution in [0.15, 0.2) is 24.3 Å². The Bertz CT molecular complexity index is 465. The smallest absolute Gasteiger partial charge is 0.123 e. The van der Waals surface area contributed by atoms with Crippen molar-refractivity contribution in [2.24, 2.45) is 11.7 Å². The van der Waals surface area contributed by atoms with Crippen LogP contribution >= 0.6 is 0 Å². The van der Waals surface area contributed by atoms with Crippen molar-refractivity contribution >= 4 is 0 Å². The number of hydrogen-bond donors (Lipinski definition) is 1. The monoisotopic (exact) mass is 291 g/mol. The lowest BCUT2D eigenvalue weighted by Crippen LogP contribution is -2.46. The molecular formula is C18H26FNO. The van der Waals surface area contributed by atoms with Crippen LogP contribution in [0.25, 0.3) is 0 Å². The molecule has 1 aliphatic carbocycles. The Morgan fingerprint density at radius 2 is 2.10 bits per heavy atom. The summed E-state index contributed by atoms with van der Waals surface area (Å²) in [6, 6.07) is 6.94. The molecule has 1 heterocycles. The normalized spacial score (nSPS) is 26.7. The second-order valence-corrected chi connectivity index (χ2v) is 6.84. The molecule has 0 aromatic heterocycles. The van der Waals surface area contributed by atoms with Crippen LogP contribution in [0.5, 0.6) is 0 Å². The average Bonchev–Trinajstić information content (AvgIpc) is 2.48. The molecule has 2 atom stereocenters. The summed E-state index contributed by atoms with van der Waals surface area (Å²) >= 11 is 0. The Morgan fingerprint density at radius 1 is 1.29 bits per heavy atom. The lowest BCUT2D eigenvalue weighted by molar-refractivity contribution is -0.120. The van der Waals surface area contributed by atoms with E-state index in [1.807, 2.05) is 6.07 Å². The fraction of sp³-hybridized carbons (Fsp3) is 0.667. The maximum atomic E-state index is 13.3. The van der Waals surface area contributed by atoms with E-state index >= 15 is 0 Å². The molecule has 1 saturated heterocycles. The molecular weight excluding hydrogens is 265 g/mol. The molecule has 2 unspecified atom stereocenters. The molecule has 1 aromatic rings. The zero-order valence-electron chi connectivity index (χ0n) is 12.7. The molecule has 1 saturated carbocycles. The number of halogens is 1. The number of nitrogens with two attached hydrogens (primary N) is 1. The van der Waals surface area contributed by atoms with Crippen LogP contribution in [0, 0.1) is 11.7 Å². The highest BCUT2D eigenvalue weighted by atomic mass is 19.1. The second kappa shape index (κ2) is 6.45. The third-order valence-corrected chi connectivity index (χ3v) is 5.26. The summed E-state index contributed by atoms with van der Waals surface area (Å²) in [5.41, 5.74) is 7.55. The number of rotatable bonds is 3. The number of benzene rings is 1. The summed E-state index contributed by atoms with van der Waals surface area (Å²) in [7, 11) is 0. The van der Waals surface area contributed by atoms with Crippen molar-refractivity contribution in [3.63, 3.8) is 0 Å². The molecule has 0 amide bonds. The van der Waals surface area contributed by atoms with Gasteiger partial charge in [-0.05, 0) is 55.7 Å². The molecule has 1 aliphatic heterocycles. The summed E-state index contributed by atoms with van der Waals surface area (Å²) in [6.07, 6.45) is 9.18. The van der Waals surface area contributed by atoms with E-state index in [0.29, 0.717) is 5.92 Å². The predicted octanol–water partition coefficient (Wildman–Crippen LogP) is 3.83. The lowest BCUT2D eigenvalue weighted by Gasteiger charge is -2.45. The van der Waals surface area contributed by atoms with Crippen LogP contribution < -0.4 is 5.73 Å². The van der Waals surface area contributed by atoms with Crippen molar-refractivity contribution in [3.05, 3.63) is 35.6 Å². The fourth-order valence-corrected chi connectivity index (χ4v) is 4.08. The van der Waals surface area contributed by atoms with Crippen molar-refractivity contribution < 1.29 is 9.13 Å². The van der Waals surface area contributed by atoms with E-state index in [0.717, 1.165) is 31.4 Å². The third kappa shape index (κ3) is 3.64. The highest BCUT2D eigenvalue weighted by molar-refractivity contribution is 5.17. The molecule has 116 valence electrons. The first-order valence-electron chi connectivity index (χ1n) is 8.31. The van der Waals surface area contributed by atoms with Crippen molar-refractivity contribution in [2.75, 3.05) is 6.61 Å². The van der Waals surface area contributed by atoms with Gasteiger partial charge in [0.15, 0.2) is 0 Å². The Kier molecular flexibility index (Phi) is 4.60. The molecule has 3 rings (SSSR count).